The third-order valence-corrected chi connectivity index (χ3v) is 2.06. The van der Waals surface area contributed by atoms with Gasteiger partial charge in [0.2, 0.25) is 0 Å². The molecule has 0 spiro atoms. The molecule has 1 unspecified atom stereocenters. The second-order valence-corrected chi connectivity index (χ2v) is 3.62. The van der Waals surface area contributed by atoms with Gasteiger partial charge in [-0.25, -0.2) is 4.79 Å². The molecular weight excluding hydrogens is 172 g/mol. The third-order valence-electron chi connectivity index (χ3n) is 2.06. The highest BCUT2D eigenvalue weighted by molar-refractivity contribution is 5.77. The lowest BCUT2D eigenvalue weighted by Gasteiger charge is -2.34. The summed E-state index contributed by atoms with van der Waals surface area (Å²) < 4.78 is 10.6. The second kappa shape index (κ2) is 4.07. The predicted octanol–water partition coefficient (Wildman–Crippen LogP) is 1.05. The van der Waals surface area contributed by atoms with Gasteiger partial charge in [-0.1, -0.05) is 0 Å². The molecular formula is C9H16O4. The first-order valence-electron chi connectivity index (χ1n) is 4.56. The van der Waals surface area contributed by atoms with E-state index in [4.69, 9.17) is 14.6 Å². The molecule has 1 aliphatic rings. The fourth-order valence-electron chi connectivity index (χ4n) is 1.53. The number of hydrogen-bond acceptors (Lipinski definition) is 3. The number of carboxylic acid groups (broad SMARTS) is 1. The molecule has 4 heteroatoms. The average molecular weight is 188 g/mol. The molecule has 13 heavy (non-hydrogen) atoms. The van der Waals surface area contributed by atoms with E-state index in [-0.39, 0.29) is 12.7 Å². The van der Waals surface area contributed by atoms with E-state index in [0.717, 1.165) is 6.42 Å². The number of carboxylic acids is 1. The van der Waals surface area contributed by atoms with E-state index in [9.17, 15) is 4.79 Å². The van der Waals surface area contributed by atoms with Gasteiger partial charge in [-0.05, 0) is 26.7 Å². The van der Waals surface area contributed by atoms with Crippen molar-refractivity contribution in [3.8, 4) is 0 Å². The Bertz CT molecular complexity index is 182. The van der Waals surface area contributed by atoms with Crippen molar-refractivity contribution in [3.63, 3.8) is 0 Å². The van der Waals surface area contributed by atoms with Crippen LogP contribution in [0.15, 0.2) is 0 Å². The highest BCUT2D eigenvalue weighted by Gasteiger charge is 2.42. The standard InChI is InChI=1S/C9H16O4/c1-7(2)13-9(8(10)11)4-3-5-12-6-9/h7H,3-6H2,1-2H3,(H,10,11). The molecule has 76 valence electrons. The minimum atomic E-state index is -1.10. The van der Waals surface area contributed by atoms with Crippen molar-refractivity contribution in [1.82, 2.24) is 0 Å². The highest BCUT2D eigenvalue weighted by Crippen LogP contribution is 2.25. The van der Waals surface area contributed by atoms with Crippen LogP contribution >= 0.6 is 0 Å². The molecule has 1 atom stereocenters. The summed E-state index contributed by atoms with van der Waals surface area (Å²) in [6.07, 6.45) is 1.21. The normalized spacial score (nSPS) is 29.2. The Labute approximate surface area is 77.8 Å². The molecule has 0 radical (unpaired) electrons. The van der Waals surface area contributed by atoms with Crippen molar-refractivity contribution in [1.29, 1.82) is 0 Å². The molecule has 1 rings (SSSR count). The molecule has 1 heterocycles. The van der Waals surface area contributed by atoms with Gasteiger partial charge in [0.15, 0.2) is 5.60 Å². The van der Waals surface area contributed by atoms with Gasteiger partial charge >= 0.3 is 5.97 Å². The largest absolute Gasteiger partial charge is 0.479 e. The minimum Gasteiger partial charge on any atom is -0.479 e. The van der Waals surface area contributed by atoms with Gasteiger partial charge in [0.1, 0.15) is 0 Å². The summed E-state index contributed by atoms with van der Waals surface area (Å²) in [7, 11) is 0. The fraction of sp³-hybridized carbons (Fsp3) is 0.889. The second-order valence-electron chi connectivity index (χ2n) is 3.62. The molecule has 1 N–H and O–H groups in total. The maximum atomic E-state index is 11.0. The van der Waals surface area contributed by atoms with E-state index >= 15 is 0 Å². The smallest absolute Gasteiger partial charge is 0.338 e. The molecule has 4 nitrogen and oxygen atoms in total. The van der Waals surface area contributed by atoms with Gasteiger partial charge in [0.25, 0.3) is 0 Å². The SMILES string of the molecule is CC(C)OC1(C(=O)O)CCCOC1. The molecule has 0 amide bonds. The summed E-state index contributed by atoms with van der Waals surface area (Å²) in [4.78, 5) is 11.0. The van der Waals surface area contributed by atoms with Crippen molar-refractivity contribution in [2.45, 2.75) is 38.4 Å². The number of rotatable bonds is 3. The van der Waals surface area contributed by atoms with E-state index < -0.39 is 11.6 Å². The molecule has 1 saturated heterocycles. The Hall–Kier alpha value is -0.610. The summed E-state index contributed by atoms with van der Waals surface area (Å²) in [6.45, 7) is 4.47. The summed E-state index contributed by atoms with van der Waals surface area (Å²) >= 11 is 0. The zero-order valence-electron chi connectivity index (χ0n) is 8.08. The Morgan fingerprint density at radius 2 is 2.31 bits per heavy atom. The van der Waals surface area contributed by atoms with Crippen LogP contribution in [0.5, 0.6) is 0 Å². The lowest BCUT2D eigenvalue weighted by Crippen LogP contribution is -2.50. The van der Waals surface area contributed by atoms with Gasteiger partial charge in [-0.2, -0.15) is 0 Å². The van der Waals surface area contributed by atoms with Gasteiger partial charge in [-0.15, -0.1) is 0 Å². The van der Waals surface area contributed by atoms with Crippen molar-refractivity contribution < 1.29 is 19.4 Å². The lowest BCUT2D eigenvalue weighted by molar-refractivity contribution is -0.191. The topological polar surface area (TPSA) is 55.8 Å². The van der Waals surface area contributed by atoms with Crippen molar-refractivity contribution in [3.05, 3.63) is 0 Å². The van der Waals surface area contributed by atoms with Crippen LogP contribution < -0.4 is 0 Å². The van der Waals surface area contributed by atoms with E-state index in [1.165, 1.54) is 0 Å². The number of ether oxygens (including phenoxy) is 2. The summed E-state index contributed by atoms with van der Waals surface area (Å²) in [5.41, 5.74) is -1.10. The van der Waals surface area contributed by atoms with Gasteiger partial charge in [-0.3, -0.25) is 0 Å². The van der Waals surface area contributed by atoms with Gasteiger partial charge in [0, 0.05) is 6.61 Å². The van der Waals surface area contributed by atoms with Crippen LogP contribution in [0.4, 0.5) is 0 Å². The minimum absolute atomic E-state index is 0.0854. The quantitative estimate of drug-likeness (QED) is 0.719. The summed E-state index contributed by atoms with van der Waals surface area (Å²) in [5.74, 6) is -0.916. The van der Waals surface area contributed by atoms with Crippen LogP contribution in [-0.4, -0.2) is 36.0 Å². The average Bonchev–Trinajstić information content (AvgIpc) is 2.04. The van der Waals surface area contributed by atoms with Crippen molar-refractivity contribution in [2.75, 3.05) is 13.2 Å². The van der Waals surface area contributed by atoms with E-state index in [0.29, 0.717) is 13.0 Å². The molecule has 0 aromatic heterocycles. The molecule has 0 saturated carbocycles. The molecule has 1 aliphatic heterocycles. The van der Waals surface area contributed by atoms with Crippen LogP contribution in [0.2, 0.25) is 0 Å². The molecule has 0 aromatic rings. The van der Waals surface area contributed by atoms with Crippen molar-refractivity contribution in [2.24, 2.45) is 0 Å². The number of aliphatic carboxylic acids is 1. The number of carbonyl (C=O) groups is 1. The van der Waals surface area contributed by atoms with E-state index in [1.54, 1.807) is 0 Å². The zero-order valence-corrected chi connectivity index (χ0v) is 8.08. The first-order valence-corrected chi connectivity index (χ1v) is 4.56. The van der Waals surface area contributed by atoms with E-state index in [2.05, 4.69) is 0 Å². The Balaban J connectivity index is 2.67. The highest BCUT2D eigenvalue weighted by atomic mass is 16.6. The molecule has 0 aliphatic carbocycles. The van der Waals surface area contributed by atoms with Gasteiger partial charge < -0.3 is 14.6 Å². The Kier molecular flexibility index (Phi) is 3.27. The zero-order chi connectivity index (χ0) is 9.90. The van der Waals surface area contributed by atoms with Crippen LogP contribution in [-0.2, 0) is 14.3 Å². The van der Waals surface area contributed by atoms with Gasteiger partial charge in [0.05, 0.1) is 12.7 Å². The first kappa shape index (κ1) is 10.5. The molecule has 0 bridgehead atoms. The van der Waals surface area contributed by atoms with Crippen LogP contribution in [0.25, 0.3) is 0 Å². The third kappa shape index (κ3) is 2.42. The van der Waals surface area contributed by atoms with Crippen molar-refractivity contribution >= 4 is 5.97 Å². The maximum absolute atomic E-state index is 11.0. The molecule has 1 fully saturated rings. The molecule has 0 aromatic carbocycles. The van der Waals surface area contributed by atoms with E-state index in [1.807, 2.05) is 13.8 Å². The Morgan fingerprint density at radius 3 is 2.69 bits per heavy atom. The predicted molar refractivity (Wildman–Crippen MR) is 46.6 cm³/mol. The number of hydrogen-bond donors (Lipinski definition) is 1. The monoisotopic (exact) mass is 188 g/mol. The summed E-state index contributed by atoms with van der Waals surface area (Å²) in [5, 5.41) is 9.03. The van der Waals surface area contributed by atoms with Crippen LogP contribution in [0, 0.1) is 0 Å². The van der Waals surface area contributed by atoms with Crippen LogP contribution in [0.1, 0.15) is 26.7 Å². The van der Waals surface area contributed by atoms with Crippen LogP contribution in [0.3, 0.4) is 0 Å². The maximum Gasteiger partial charge on any atom is 0.338 e. The fourth-order valence-corrected chi connectivity index (χ4v) is 1.53. The summed E-state index contributed by atoms with van der Waals surface area (Å²) in [6, 6.07) is 0. The Morgan fingerprint density at radius 1 is 1.62 bits per heavy atom. The first-order chi connectivity index (χ1) is 6.07. The lowest BCUT2D eigenvalue weighted by atomic mass is 9.96.